The lowest BCUT2D eigenvalue weighted by atomic mass is 10.1. The third-order valence-corrected chi connectivity index (χ3v) is 3.18. The number of ether oxygens (including phenoxy) is 2. The van der Waals surface area contributed by atoms with E-state index in [1.807, 2.05) is 12.1 Å². The first-order valence-electron chi connectivity index (χ1n) is 6.92. The third kappa shape index (κ3) is 3.77. The standard InChI is InChI=1S/C15H24N2O2/c1-4-6-18-14-9-12(16)8-13(10-14)17-5-7-19-15(2,3)11-17/h8-10H,4-7,11,16H2,1-3H3. The number of benzene rings is 1. The SMILES string of the molecule is CCCOc1cc(N)cc(N2CCOC(C)(C)C2)c1. The van der Waals surface area contributed by atoms with Crippen molar-refractivity contribution in [2.45, 2.75) is 32.8 Å². The highest BCUT2D eigenvalue weighted by Gasteiger charge is 2.27. The van der Waals surface area contributed by atoms with E-state index in [2.05, 4.69) is 31.7 Å². The predicted molar refractivity (Wildman–Crippen MR) is 78.9 cm³/mol. The minimum absolute atomic E-state index is 0.118. The Kier molecular flexibility index (Phi) is 4.20. The second-order valence-electron chi connectivity index (χ2n) is 5.64. The van der Waals surface area contributed by atoms with Gasteiger partial charge < -0.3 is 20.1 Å². The second kappa shape index (κ2) is 5.70. The molecule has 1 heterocycles. The molecule has 0 amide bonds. The number of hydrogen-bond donors (Lipinski definition) is 1. The molecule has 2 N–H and O–H groups in total. The molecule has 0 spiro atoms. The maximum Gasteiger partial charge on any atom is 0.123 e. The average Bonchev–Trinajstić information content (AvgIpc) is 2.34. The Balaban J connectivity index is 2.16. The van der Waals surface area contributed by atoms with Gasteiger partial charge in [-0.05, 0) is 26.3 Å². The molecule has 0 unspecified atom stereocenters. The molecule has 0 radical (unpaired) electrons. The van der Waals surface area contributed by atoms with E-state index >= 15 is 0 Å². The topological polar surface area (TPSA) is 47.7 Å². The summed E-state index contributed by atoms with van der Waals surface area (Å²) in [5, 5.41) is 0. The number of morpholine rings is 1. The van der Waals surface area contributed by atoms with E-state index in [1.165, 1.54) is 0 Å². The zero-order valence-corrected chi connectivity index (χ0v) is 12.1. The largest absolute Gasteiger partial charge is 0.493 e. The van der Waals surface area contributed by atoms with Crippen LogP contribution in [0.4, 0.5) is 11.4 Å². The molecule has 0 aliphatic carbocycles. The van der Waals surface area contributed by atoms with Gasteiger partial charge >= 0.3 is 0 Å². The number of nitrogen functional groups attached to an aromatic ring is 1. The van der Waals surface area contributed by atoms with Gasteiger partial charge in [0.25, 0.3) is 0 Å². The van der Waals surface area contributed by atoms with Gasteiger partial charge in [0.2, 0.25) is 0 Å². The van der Waals surface area contributed by atoms with Gasteiger partial charge in [-0.1, -0.05) is 6.92 Å². The monoisotopic (exact) mass is 264 g/mol. The van der Waals surface area contributed by atoms with Crippen LogP contribution in [0.2, 0.25) is 0 Å². The molecule has 1 aliphatic rings. The van der Waals surface area contributed by atoms with E-state index in [0.717, 1.165) is 49.8 Å². The molecule has 19 heavy (non-hydrogen) atoms. The normalized spacial score (nSPS) is 18.4. The van der Waals surface area contributed by atoms with E-state index in [4.69, 9.17) is 15.2 Å². The summed E-state index contributed by atoms with van der Waals surface area (Å²) in [6.45, 7) is 9.53. The van der Waals surface area contributed by atoms with Crippen molar-refractivity contribution in [1.29, 1.82) is 0 Å². The van der Waals surface area contributed by atoms with Crippen LogP contribution in [-0.2, 0) is 4.74 Å². The maximum atomic E-state index is 5.97. The Bertz CT molecular complexity index is 432. The minimum Gasteiger partial charge on any atom is -0.493 e. The van der Waals surface area contributed by atoms with E-state index in [0.29, 0.717) is 0 Å². The molecule has 1 aliphatic heterocycles. The highest BCUT2D eigenvalue weighted by atomic mass is 16.5. The van der Waals surface area contributed by atoms with Crippen molar-refractivity contribution < 1.29 is 9.47 Å². The van der Waals surface area contributed by atoms with Gasteiger partial charge in [0, 0.05) is 36.6 Å². The van der Waals surface area contributed by atoms with Crippen LogP contribution in [0.15, 0.2) is 18.2 Å². The van der Waals surface area contributed by atoms with Gasteiger partial charge in [0.1, 0.15) is 5.75 Å². The smallest absolute Gasteiger partial charge is 0.123 e. The molecule has 106 valence electrons. The molecule has 0 saturated carbocycles. The summed E-state index contributed by atoms with van der Waals surface area (Å²) in [4.78, 5) is 2.30. The van der Waals surface area contributed by atoms with E-state index in [9.17, 15) is 0 Å². The zero-order chi connectivity index (χ0) is 13.9. The van der Waals surface area contributed by atoms with Crippen LogP contribution >= 0.6 is 0 Å². The first-order valence-corrected chi connectivity index (χ1v) is 6.92. The molecule has 1 fully saturated rings. The Hall–Kier alpha value is -1.42. The van der Waals surface area contributed by atoms with Gasteiger partial charge in [0.15, 0.2) is 0 Å². The summed E-state index contributed by atoms with van der Waals surface area (Å²) in [5.74, 6) is 0.848. The minimum atomic E-state index is -0.118. The number of anilines is 2. The lowest BCUT2D eigenvalue weighted by Crippen LogP contribution is -2.48. The Morgan fingerprint density at radius 2 is 2.16 bits per heavy atom. The first-order chi connectivity index (χ1) is 9.00. The quantitative estimate of drug-likeness (QED) is 0.849. The van der Waals surface area contributed by atoms with Crippen LogP contribution in [0.5, 0.6) is 5.75 Å². The molecule has 0 aromatic heterocycles. The molecule has 0 atom stereocenters. The fraction of sp³-hybridized carbons (Fsp3) is 0.600. The molecule has 1 aromatic rings. The first kappa shape index (κ1) is 14.0. The van der Waals surface area contributed by atoms with Crippen molar-refractivity contribution in [2.75, 3.05) is 36.9 Å². The van der Waals surface area contributed by atoms with Crippen molar-refractivity contribution in [3.8, 4) is 5.75 Å². The molecule has 0 bridgehead atoms. The van der Waals surface area contributed by atoms with E-state index in [-0.39, 0.29) is 5.60 Å². The van der Waals surface area contributed by atoms with Gasteiger partial charge in [0.05, 0.1) is 18.8 Å². The molecule has 2 rings (SSSR count). The predicted octanol–water partition coefficient (Wildman–Crippen LogP) is 2.67. The highest BCUT2D eigenvalue weighted by molar-refractivity contribution is 5.61. The van der Waals surface area contributed by atoms with Crippen molar-refractivity contribution in [3.63, 3.8) is 0 Å². The summed E-state index contributed by atoms with van der Waals surface area (Å²) in [7, 11) is 0. The number of nitrogens with two attached hydrogens (primary N) is 1. The number of hydrogen-bond acceptors (Lipinski definition) is 4. The summed E-state index contributed by atoms with van der Waals surface area (Å²) >= 11 is 0. The van der Waals surface area contributed by atoms with Crippen molar-refractivity contribution >= 4 is 11.4 Å². The van der Waals surface area contributed by atoms with Crippen LogP contribution < -0.4 is 15.4 Å². The maximum absolute atomic E-state index is 5.97. The van der Waals surface area contributed by atoms with E-state index in [1.54, 1.807) is 0 Å². The summed E-state index contributed by atoms with van der Waals surface area (Å²) in [6.07, 6.45) is 0.995. The molecular formula is C15H24N2O2. The van der Waals surface area contributed by atoms with Crippen LogP contribution in [0, 0.1) is 0 Å². The van der Waals surface area contributed by atoms with Crippen LogP contribution in [-0.4, -0.2) is 31.9 Å². The molecule has 1 saturated heterocycles. The summed E-state index contributed by atoms with van der Waals surface area (Å²) in [6, 6.07) is 5.94. The van der Waals surface area contributed by atoms with Crippen molar-refractivity contribution in [1.82, 2.24) is 0 Å². The van der Waals surface area contributed by atoms with Crippen LogP contribution in [0.25, 0.3) is 0 Å². The zero-order valence-electron chi connectivity index (χ0n) is 12.1. The summed E-state index contributed by atoms with van der Waals surface area (Å²) in [5.41, 5.74) is 7.71. The fourth-order valence-corrected chi connectivity index (χ4v) is 2.33. The van der Waals surface area contributed by atoms with Gasteiger partial charge in [-0.25, -0.2) is 0 Å². The molecule has 1 aromatic carbocycles. The van der Waals surface area contributed by atoms with E-state index < -0.39 is 0 Å². The highest BCUT2D eigenvalue weighted by Crippen LogP contribution is 2.29. The molecular weight excluding hydrogens is 240 g/mol. The second-order valence-corrected chi connectivity index (χ2v) is 5.64. The van der Waals surface area contributed by atoms with Crippen molar-refractivity contribution in [3.05, 3.63) is 18.2 Å². The molecule has 4 heteroatoms. The fourth-order valence-electron chi connectivity index (χ4n) is 2.33. The average molecular weight is 264 g/mol. The van der Waals surface area contributed by atoms with Gasteiger partial charge in [-0.2, -0.15) is 0 Å². The van der Waals surface area contributed by atoms with Gasteiger partial charge in [-0.15, -0.1) is 0 Å². The third-order valence-electron chi connectivity index (χ3n) is 3.18. The lowest BCUT2D eigenvalue weighted by molar-refractivity contribution is -0.0277. The Morgan fingerprint density at radius 1 is 1.37 bits per heavy atom. The Labute approximate surface area is 115 Å². The Morgan fingerprint density at radius 3 is 2.84 bits per heavy atom. The van der Waals surface area contributed by atoms with Crippen LogP contribution in [0.3, 0.4) is 0 Å². The van der Waals surface area contributed by atoms with Crippen LogP contribution in [0.1, 0.15) is 27.2 Å². The summed E-state index contributed by atoms with van der Waals surface area (Å²) < 4.78 is 11.4. The number of nitrogens with zero attached hydrogens (tertiary/aromatic N) is 1. The van der Waals surface area contributed by atoms with Crippen molar-refractivity contribution in [2.24, 2.45) is 0 Å². The van der Waals surface area contributed by atoms with Gasteiger partial charge in [-0.3, -0.25) is 0 Å². The molecule has 4 nitrogen and oxygen atoms in total. The number of rotatable bonds is 4. The lowest BCUT2D eigenvalue weighted by Gasteiger charge is -2.39.